The molecule has 1 aliphatic heterocycles. The fourth-order valence-corrected chi connectivity index (χ4v) is 3.78. The van der Waals surface area contributed by atoms with Gasteiger partial charge in [0, 0.05) is 17.7 Å². The zero-order valence-corrected chi connectivity index (χ0v) is 16.2. The summed E-state index contributed by atoms with van der Waals surface area (Å²) in [7, 11) is 0. The molecule has 3 aromatic rings. The first-order valence-corrected chi connectivity index (χ1v) is 9.70. The zero-order chi connectivity index (χ0) is 21.1. The SMILES string of the molecule is O=C1C(=O)N(CCc2ccccc2)[C@@H](c2ccccc2F)C1=C(O)c1ccccc1. The van der Waals surface area contributed by atoms with Crippen LogP contribution in [-0.2, 0) is 16.0 Å². The van der Waals surface area contributed by atoms with Crippen LogP contribution in [-0.4, -0.2) is 28.2 Å². The topological polar surface area (TPSA) is 57.6 Å². The highest BCUT2D eigenvalue weighted by Gasteiger charge is 2.46. The van der Waals surface area contributed by atoms with E-state index in [-0.39, 0.29) is 23.4 Å². The molecule has 0 saturated carbocycles. The smallest absolute Gasteiger partial charge is 0.295 e. The normalized spacial score (nSPS) is 18.0. The highest BCUT2D eigenvalue weighted by molar-refractivity contribution is 6.46. The Bertz CT molecular complexity index is 1110. The molecule has 0 bridgehead atoms. The molecule has 1 heterocycles. The van der Waals surface area contributed by atoms with Crippen molar-refractivity contribution < 1.29 is 19.1 Å². The number of hydrogen-bond donors (Lipinski definition) is 1. The van der Waals surface area contributed by atoms with Crippen molar-refractivity contribution in [3.8, 4) is 0 Å². The van der Waals surface area contributed by atoms with Gasteiger partial charge in [-0.2, -0.15) is 0 Å². The van der Waals surface area contributed by atoms with Gasteiger partial charge < -0.3 is 10.0 Å². The second-order valence-corrected chi connectivity index (χ2v) is 7.12. The summed E-state index contributed by atoms with van der Waals surface area (Å²) < 4.78 is 14.7. The first-order chi connectivity index (χ1) is 14.6. The molecule has 0 unspecified atom stereocenters. The van der Waals surface area contributed by atoms with Crippen molar-refractivity contribution in [2.45, 2.75) is 12.5 Å². The van der Waals surface area contributed by atoms with Gasteiger partial charge in [-0.25, -0.2) is 4.39 Å². The minimum absolute atomic E-state index is 0.0932. The minimum atomic E-state index is -0.991. The summed E-state index contributed by atoms with van der Waals surface area (Å²) in [5.74, 6) is -2.38. The standard InChI is InChI=1S/C25H20FNO3/c26-20-14-8-7-13-19(20)22-21(23(28)18-11-5-2-6-12-18)24(29)25(30)27(22)16-15-17-9-3-1-4-10-17/h1-14,22,28H,15-16H2/t22-/m0/s1. The molecule has 0 spiro atoms. The van der Waals surface area contributed by atoms with E-state index in [0.29, 0.717) is 12.0 Å². The average molecular weight is 401 g/mol. The number of nitrogens with zero attached hydrogens (tertiary/aromatic N) is 1. The number of carbonyl (C=O) groups is 2. The molecule has 1 atom stereocenters. The van der Waals surface area contributed by atoms with Crippen LogP contribution in [0.25, 0.3) is 5.76 Å². The average Bonchev–Trinajstić information content (AvgIpc) is 3.03. The van der Waals surface area contributed by atoms with Gasteiger partial charge in [0.2, 0.25) is 0 Å². The predicted octanol–water partition coefficient (Wildman–Crippen LogP) is 4.49. The third-order valence-electron chi connectivity index (χ3n) is 5.27. The lowest BCUT2D eigenvalue weighted by atomic mass is 9.95. The molecule has 0 aliphatic carbocycles. The molecule has 5 heteroatoms. The first-order valence-electron chi connectivity index (χ1n) is 9.70. The largest absolute Gasteiger partial charge is 0.507 e. The van der Waals surface area contributed by atoms with Crippen LogP contribution in [0.1, 0.15) is 22.7 Å². The Morgan fingerprint density at radius 2 is 1.47 bits per heavy atom. The number of likely N-dealkylation sites (tertiary alicyclic amines) is 1. The Labute approximate surface area is 173 Å². The maximum Gasteiger partial charge on any atom is 0.295 e. The maximum absolute atomic E-state index is 14.7. The summed E-state index contributed by atoms with van der Waals surface area (Å²) in [6, 6.07) is 23.1. The van der Waals surface area contributed by atoms with E-state index < -0.39 is 23.5 Å². The van der Waals surface area contributed by atoms with E-state index in [1.165, 1.54) is 11.0 Å². The lowest BCUT2D eigenvalue weighted by Crippen LogP contribution is -2.32. The molecular weight excluding hydrogens is 381 g/mol. The molecule has 1 saturated heterocycles. The van der Waals surface area contributed by atoms with Crippen molar-refractivity contribution in [1.82, 2.24) is 4.90 Å². The van der Waals surface area contributed by atoms with Crippen molar-refractivity contribution in [3.05, 3.63) is 113 Å². The van der Waals surface area contributed by atoms with Crippen LogP contribution in [0.4, 0.5) is 4.39 Å². The molecule has 30 heavy (non-hydrogen) atoms. The Morgan fingerprint density at radius 1 is 0.867 bits per heavy atom. The van der Waals surface area contributed by atoms with Gasteiger partial charge in [0.15, 0.2) is 0 Å². The highest BCUT2D eigenvalue weighted by atomic mass is 19.1. The number of aliphatic hydroxyl groups excluding tert-OH is 1. The molecular formula is C25H20FNO3. The van der Waals surface area contributed by atoms with Crippen LogP contribution in [0.3, 0.4) is 0 Å². The number of amides is 1. The molecule has 0 aromatic heterocycles. The third kappa shape index (κ3) is 3.62. The van der Waals surface area contributed by atoms with Gasteiger partial charge in [0.05, 0.1) is 11.6 Å². The van der Waals surface area contributed by atoms with Crippen molar-refractivity contribution in [1.29, 1.82) is 0 Å². The number of Topliss-reactive ketones (excluding diaryl/α,β-unsaturated/α-hetero) is 1. The molecule has 4 nitrogen and oxygen atoms in total. The maximum atomic E-state index is 14.7. The number of hydrogen-bond acceptors (Lipinski definition) is 3. The van der Waals surface area contributed by atoms with E-state index in [2.05, 4.69) is 0 Å². The van der Waals surface area contributed by atoms with Gasteiger partial charge in [-0.05, 0) is 18.1 Å². The lowest BCUT2D eigenvalue weighted by molar-refractivity contribution is -0.139. The molecule has 3 aromatic carbocycles. The van der Waals surface area contributed by atoms with Gasteiger partial charge in [-0.3, -0.25) is 9.59 Å². The predicted molar refractivity (Wildman–Crippen MR) is 112 cm³/mol. The monoisotopic (exact) mass is 401 g/mol. The number of benzene rings is 3. The number of ketones is 1. The van der Waals surface area contributed by atoms with E-state index >= 15 is 0 Å². The Balaban J connectivity index is 1.80. The molecule has 0 radical (unpaired) electrons. The fraction of sp³-hybridized carbons (Fsp3) is 0.120. The molecule has 4 rings (SSSR count). The van der Waals surface area contributed by atoms with Crippen LogP contribution in [0.5, 0.6) is 0 Å². The van der Waals surface area contributed by atoms with Gasteiger partial charge in [0.25, 0.3) is 11.7 Å². The van der Waals surface area contributed by atoms with E-state index in [0.717, 1.165) is 5.56 Å². The molecule has 1 amide bonds. The Kier molecular flexibility index (Phi) is 5.44. The molecule has 1 N–H and O–H groups in total. The Hall–Kier alpha value is -3.73. The molecule has 150 valence electrons. The van der Waals surface area contributed by atoms with Crippen molar-refractivity contribution in [2.24, 2.45) is 0 Å². The second kappa shape index (κ2) is 8.33. The van der Waals surface area contributed by atoms with Crippen LogP contribution in [0.2, 0.25) is 0 Å². The van der Waals surface area contributed by atoms with Crippen LogP contribution in [0.15, 0.2) is 90.5 Å². The summed E-state index contributed by atoms with van der Waals surface area (Å²) in [6.45, 7) is 0.221. The summed E-state index contributed by atoms with van der Waals surface area (Å²) in [6.07, 6.45) is 0.504. The summed E-state index contributed by atoms with van der Waals surface area (Å²) in [5.41, 5.74) is 1.49. The summed E-state index contributed by atoms with van der Waals surface area (Å²) in [5, 5.41) is 10.9. The van der Waals surface area contributed by atoms with E-state index in [9.17, 15) is 19.1 Å². The molecule has 1 fully saturated rings. The zero-order valence-electron chi connectivity index (χ0n) is 16.2. The van der Waals surface area contributed by atoms with E-state index in [1.54, 1.807) is 48.5 Å². The summed E-state index contributed by atoms with van der Waals surface area (Å²) >= 11 is 0. The lowest BCUT2D eigenvalue weighted by Gasteiger charge is -2.25. The Morgan fingerprint density at radius 3 is 2.13 bits per heavy atom. The highest BCUT2D eigenvalue weighted by Crippen LogP contribution is 2.40. The second-order valence-electron chi connectivity index (χ2n) is 7.12. The number of halogens is 1. The van der Waals surface area contributed by atoms with Crippen LogP contribution >= 0.6 is 0 Å². The van der Waals surface area contributed by atoms with Crippen molar-refractivity contribution in [2.75, 3.05) is 6.54 Å². The summed E-state index contributed by atoms with van der Waals surface area (Å²) in [4.78, 5) is 27.1. The van der Waals surface area contributed by atoms with Crippen molar-refractivity contribution in [3.63, 3.8) is 0 Å². The quantitative estimate of drug-likeness (QED) is 0.389. The van der Waals surface area contributed by atoms with Gasteiger partial charge in [-0.15, -0.1) is 0 Å². The number of carbonyl (C=O) groups excluding carboxylic acids is 2. The van der Waals surface area contributed by atoms with Crippen LogP contribution in [0, 0.1) is 5.82 Å². The van der Waals surface area contributed by atoms with Gasteiger partial charge in [-0.1, -0.05) is 78.9 Å². The van der Waals surface area contributed by atoms with Crippen LogP contribution < -0.4 is 0 Å². The first kappa shape index (κ1) is 19.6. The van der Waals surface area contributed by atoms with Gasteiger partial charge in [0.1, 0.15) is 11.6 Å². The third-order valence-corrected chi connectivity index (χ3v) is 5.27. The molecule has 1 aliphatic rings. The van der Waals surface area contributed by atoms with Crippen molar-refractivity contribution >= 4 is 17.4 Å². The number of aliphatic hydroxyl groups is 1. The number of rotatable bonds is 5. The van der Waals surface area contributed by atoms with Gasteiger partial charge >= 0.3 is 0 Å². The minimum Gasteiger partial charge on any atom is -0.507 e. The van der Waals surface area contributed by atoms with E-state index in [4.69, 9.17) is 0 Å². The fourth-order valence-electron chi connectivity index (χ4n) is 3.78. The van der Waals surface area contributed by atoms with E-state index in [1.807, 2.05) is 30.3 Å².